The highest BCUT2D eigenvalue weighted by Gasteiger charge is 2.34. The fraction of sp³-hybridized carbons (Fsp3) is 0.412. The Labute approximate surface area is 141 Å². The van der Waals surface area contributed by atoms with Gasteiger partial charge in [-0.2, -0.15) is 4.31 Å². The number of unbranched alkanes of at least 4 members (excludes halogenated alkanes) is 2. The molecule has 0 atom stereocenters. The Morgan fingerprint density at radius 1 is 0.875 bits per heavy atom. The Bertz CT molecular complexity index is 743. The SMILES string of the molecule is O=C1c2ccccc2C(=O)N1CCCCCS(=O)(=O)N1CC=CC1. The van der Waals surface area contributed by atoms with Gasteiger partial charge >= 0.3 is 0 Å². The predicted molar refractivity (Wildman–Crippen MR) is 90.2 cm³/mol. The van der Waals surface area contributed by atoms with Gasteiger partial charge in [0.25, 0.3) is 11.8 Å². The van der Waals surface area contributed by atoms with Gasteiger partial charge in [-0.3, -0.25) is 14.5 Å². The number of fused-ring (bicyclic) bond motifs is 1. The smallest absolute Gasteiger partial charge is 0.261 e. The van der Waals surface area contributed by atoms with Crippen molar-refractivity contribution in [2.24, 2.45) is 0 Å². The molecule has 6 nitrogen and oxygen atoms in total. The zero-order valence-electron chi connectivity index (χ0n) is 13.3. The summed E-state index contributed by atoms with van der Waals surface area (Å²) in [4.78, 5) is 25.7. The summed E-state index contributed by atoms with van der Waals surface area (Å²) in [5, 5.41) is 0. The minimum Gasteiger partial charge on any atom is -0.274 e. The second-order valence-corrected chi connectivity index (χ2v) is 8.06. The Morgan fingerprint density at radius 3 is 2.04 bits per heavy atom. The van der Waals surface area contributed by atoms with E-state index in [2.05, 4.69) is 0 Å². The first kappa shape index (κ1) is 16.9. The number of benzene rings is 1. The van der Waals surface area contributed by atoms with Crippen molar-refractivity contribution in [2.75, 3.05) is 25.4 Å². The quantitative estimate of drug-likeness (QED) is 0.427. The average molecular weight is 348 g/mol. The summed E-state index contributed by atoms with van der Waals surface area (Å²) in [6, 6.07) is 6.80. The summed E-state index contributed by atoms with van der Waals surface area (Å²) in [6.07, 6.45) is 5.49. The number of rotatable bonds is 7. The molecule has 7 heteroatoms. The third-order valence-corrected chi connectivity index (χ3v) is 6.23. The second kappa shape index (κ2) is 6.86. The number of carbonyl (C=O) groups is 2. The van der Waals surface area contributed by atoms with Crippen molar-refractivity contribution in [3.8, 4) is 0 Å². The molecule has 1 aromatic rings. The molecule has 2 amide bonds. The first-order valence-electron chi connectivity index (χ1n) is 8.09. The second-order valence-electron chi connectivity index (χ2n) is 5.97. The maximum absolute atomic E-state index is 12.2. The molecule has 2 aliphatic heterocycles. The molecular weight excluding hydrogens is 328 g/mol. The van der Waals surface area contributed by atoms with Crippen molar-refractivity contribution in [3.05, 3.63) is 47.5 Å². The van der Waals surface area contributed by atoms with Crippen LogP contribution in [-0.2, 0) is 10.0 Å². The minimum atomic E-state index is -3.20. The van der Waals surface area contributed by atoms with Crippen molar-refractivity contribution in [3.63, 3.8) is 0 Å². The van der Waals surface area contributed by atoms with E-state index < -0.39 is 10.0 Å². The molecule has 1 aromatic carbocycles. The summed E-state index contributed by atoms with van der Waals surface area (Å²) in [6.45, 7) is 1.24. The van der Waals surface area contributed by atoms with Crippen LogP contribution in [0.4, 0.5) is 0 Å². The summed E-state index contributed by atoms with van der Waals surface area (Å²) >= 11 is 0. The molecule has 0 bridgehead atoms. The highest BCUT2D eigenvalue weighted by molar-refractivity contribution is 7.89. The number of hydrogen-bond acceptors (Lipinski definition) is 4. The Hall–Kier alpha value is -1.99. The first-order valence-corrected chi connectivity index (χ1v) is 9.70. The minimum absolute atomic E-state index is 0.108. The molecule has 0 fully saturated rings. The number of hydrogen-bond donors (Lipinski definition) is 0. The van der Waals surface area contributed by atoms with E-state index in [1.54, 1.807) is 24.3 Å². The van der Waals surface area contributed by atoms with E-state index in [1.807, 2.05) is 12.2 Å². The van der Waals surface area contributed by atoms with Crippen molar-refractivity contribution in [2.45, 2.75) is 19.3 Å². The lowest BCUT2D eigenvalue weighted by molar-refractivity contribution is 0.0651. The number of nitrogens with zero attached hydrogens (tertiary/aromatic N) is 2. The van der Waals surface area contributed by atoms with Gasteiger partial charge in [-0.25, -0.2) is 8.42 Å². The summed E-state index contributed by atoms with van der Waals surface area (Å²) in [5.41, 5.74) is 0.901. The summed E-state index contributed by atoms with van der Waals surface area (Å²) in [5.74, 6) is -0.408. The van der Waals surface area contributed by atoms with Gasteiger partial charge in [0, 0.05) is 19.6 Å². The average Bonchev–Trinajstić information content (AvgIpc) is 3.19. The molecule has 3 rings (SSSR count). The van der Waals surface area contributed by atoms with Gasteiger partial charge in [-0.1, -0.05) is 30.7 Å². The fourth-order valence-corrected chi connectivity index (χ4v) is 4.44. The molecule has 0 aliphatic carbocycles. The molecule has 0 aromatic heterocycles. The van der Waals surface area contributed by atoms with E-state index >= 15 is 0 Å². The van der Waals surface area contributed by atoms with Gasteiger partial charge in [0.15, 0.2) is 0 Å². The van der Waals surface area contributed by atoms with Crippen molar-refractivity contribution < 1.29 is 18.0 Å². The van der Waals surface area contributed by atoms with Gasteiger partial charge in [0.05, 0.1) is 16.9 Å². The number of carbonyl (C=O) groups excluding carboxylic acids is 2. The van der Waals surface area contributed by atoms with Crippen molar-refractivity contribution >= 4 is 21.8 Å². The highest BCUT2D eigenvalue weighted by atomic mass is 32.2. The Balaban J connectivity index is 1.45. The highest BCUT2D eigenvalue weighted by Crippen LogP contribution is 2.22. The van der Waals surface area contributed by atoms with Crippen LogP contribution >= 0.6 is 0 Å². The summed E-state index contributed by atoms with van der Waals surface area (Å²) in [7, 11) is -3.20. The molecule has 0 radical (unpaired) electrons. The molecule has 0 unspecified atom stereocenters. The molecule has 0 saturated heterocycles. The fourth-order valence-electron chi connectivity index (χ4n) is 2.99. The lowest BCUT2D eigenvalue weighted by Gasteiger charge is -2.16. The van der Waals surface area contributed by atoms with Crippen molar-refractivity contribution in [1.82, 2.24) is 9.21 Å². The van der Waals surface area contributed by atoms with E-state index in [0.29, 0.717) is 50.0 Å². The lowest BCUT2D eigenvalue weighted by Crippen LogP contribution is -2.31. The van der Waals surface area contributed by atoms with Crippen LogP contribution in [0.5, 0.6) is 0 Å². The molecule has 0 N–H and O–H groups in total. The normalized spacial score (nSPS) is 17.8. The van der Waals surface area contributed by atoms with E-state index in [9.17, 15) is 18.0 Å². The number of sulfonamides is 1. The van der Waals surface area contributed by atoms with Gasteiger partial charge in [0.2, 0.25) is 10.0 Å². The maximum Gasteiger partial charge on any atom is 0.261 e. The monoisotopic (exact) mass is 348 g/mol. The van der Waals surface area contributed by atoms with Crippen LogP contribution in [-0.4, -0.2) is 54.8 Å². The van der Waals surface area contributed by atoms with Crippen LogP contribution in [0.1, 0.15) is 40.0 Å². The van der Waals surface area contributed by atoms with E-state index in [1.165, 1.54) is 9.21 Å². The van der Waals surface area contributed by atoms with Gasteiger partial charge < -0.3 is 0 Å². The van der Waals surface area contributed by atoms with Crippen molar-refractivity contribution in [1.29, 1.82) is 0 Å². The molecule has 24 heavy (non-hydrogen) atoms. The lowest BCUT2D eigenvalue weighted by atomic mass is 10.1. The van der Waals surface area contributed by atoms with Gasteiger partial charge in [-0.05, 0) is 25.0 Å². The third kappa shape index (κ3) is 3.27. The number of imide groups is 1. The third-order valence-electron chi connectivity index (χ3n) is 4.34. The van der Waals surface area contributed by atoms with Crippen LogP contribution in [0, 0.1) is 0 Å². The van der Waals surface area contributed by atoms with E-state index in [0.717, 1.165) is 0 Å². The van der Waals surface area contributed by atoms with Crippen LogP contribution in [0.15, 0.2) is 36.4 Å². The Morgan fingerprint density at radius 2 is 1.46 bits per heavy atom. The molecular formula is C17H20N2O4S. The molecule has 2 heterocycles. The van der Waals surface area contributed by atoms with Crippen LogP contribution in [0.2, 0.25) is 0 Å². The predicted octanol–water partition coefficient (Wildman–Crippen LogP) is 1.65. The maximum atomic E-state index is 12.2. The van der Waals surface area contributed by atoms with Crippen LogP contribution < -0.4 is 0 Å². The van der Waals surface area contributed by atoms with E-state index in [4.69, 9.17) is 0 Å². The molecule has 0 spiro atoms. The molecule has 128 valence electrons. The van der Waals surface area contributed by atoms with Crippen LogP contribution in [0.3, 0.4) is 0 Å². The molecule has 2 aliphatic rings. The largest absolute Gasteiger partial charge is 0.274 e. The molecule has 0 saturated carbocycles. The standard InChI is InChI=1S/C17H20N2O4S/c20-16-14-8-2-3-9-15(14)17(21)19(16)12-4-1-7-13-24(22,23)18-10-5-6-11-18/h2-3,5-6,8-9H,1,4,7,10-13H2. The van der Waals surface area contributed by atoms with Gasteiger partial charge in [0.1, 0.15) is 0 Å². The zero-order valence-corrected chi connectivity index (χ0v) is 14.2. The van der Waals surface area contributed by atoms with Gasteiger partial charge in [-0.15, -0.1) is 0 Å². The topological polar surface area (TPSA) is 74.8 Å². The zero-order chi connectivity index (χ0) is 17.2. The summed E-state index contributed by atoms with van der Waals surface area (Å²) < 4.78 is 25.6. The Kier molecular flexibility index (Phi) is 4.82. The van der Waals surface area contributed by atoms with E-state index in [-0.39, 0.29) is 17.6 Å². The number of amides is 2. The first-order chi connectivity index (χ1) is 11.5. The van der Waals surface area contributed by atoms with Crippen LogP contribution in [0.25, 0.3) is 0 Å².